The van der Waals surface area contributed by atoms with Crippen LogP contribution < -0.4 is 0 Å². The number of aliphatic carboxylic acids is 1. The molecule has 0 bridgehead atoms. The van der Waals surface area contributed by atoms with E-state index in [-0.39, 0.29) is 5.92 Å². The zero-order chi connectivity index (χ0) is 10.8. The van der Waals surface area contributed by atoms with Crippen molar-refractivity contribution in [2.75, 3.05) is 0 Å². The Kier molecular flexibility index (Phi) is 2.76. The lowest BCUT2D eigenvalue weighted by Gasteiger charge is -2.12. The minimum absolute atomic E-state index is 0.307. The van der Waals surface area contributed by atoms with Crippen molar-refractivity contribution in [2.45, 2.75) is 32.1 Å². The van der Waals surface area contributed by atoms with Crippen LogP contribution in [0.5, 0.6) is 0 Å². The molecule has 1 N–H and O–H groups in total. The fourth-order valence-electron chi connectivity index (χ4n) is 1.87. The largest absolute Gasteiger partial charge is 0.481 e. The highest BCUT2D eigenvalue weighted by atomic mass is 16.4. The summed E-state index contributed by atoms with van der Waals surface area (Å²) < 4.78 is 0. The van der Waals surface area contributed by atoms with Gasteiger partial charge in [0.2, 0.25) is 0 Å². The van der Waals surface area contributed by atoms with Crippen LogP contribution in [0.2, 0.25) is 0 Å². The Morgan fingerprint density at radius 1 is 1.40 bits per heavy atom. The second-order valence-electron chi connectivity index (χ2n) is 4.48. The number of carboxylic acids is 1. The van der Waals surface area contributed by atoms with Gasteiger partial charge in [-0.25, -0.2) is 0 Å². The monoisotopic (exact) mass is 204 g/mol. The second kappa shape index (κ2) is 4.05. The summed E-state index contributed by atoms with van der Waals surface area (Å²) in [5.41, 5.74) is 2.12. The first-order valence-electron chi connectivity index (χ1n) is 5.46. The zero-order valence-electron chi connectivity index (χ0n) is 8.94. The summed E-state index contributed by atoms with van der Waals surface area (Å²) in [6.07, 6.45) is 3.21. The van der Waals surface area contributed by atoms with Crippen molar-refractivity contribution in [3.63, 3.8) is 0 Å². The molecule has 1 atom stereocenters. The third kappa shape index (κ3) is 2.58. The summed E-state index contributed by atoms with van der Waals surface area (Å²) in [6.45, 7) is 2.01. The lowest BCUT2D eigenvalue weighted by Crippen LogP contribution is -2.12. The van der Waals surface area contributed by atoms with E-state index in [9.17, 15) is 9.90 Å². The summed E-state index contributed by atoms with van der Waals surface area (Å²) in [7, 11) is 0. The number of carboxylic acid groups (broad SMARTS) is 1. The van der Waals surface area contributed by atoms with Crippen molar-refractivity contribution in [1.29, 1.82) is 0 Å². The Morgan fingerprint density at radius 3 is 2.47 bits per heavy atom. The van der Waals surface area contributed by atoms with Crippen molar-refractivity contribution in [3.8, 4) is 0 Å². The van der Waals surface area contributed by atoms with Gasteiger partial charge in [0.15, 0.2) is 0 Å². The van der Waals surface area contributed by atoms with Crippen molar-refractivity contribution in [2.24, 2.45) is 5.92 Å². The first-order chi connectivity index (χ1) is 7.16. The Bertz CT molecular complexity index is 349. The average molecular weight is 204 g/mol. The number of aryl methyl sites for hydroxylation is 1. The Balaban J connectivity index is 2.15. The first-order valence-corrected chi connectivity index (χ1v) is 5.46. The van der Waals surface area contributed by atoms with Crippen LogP contribution in [0, 0.1) is 12.8 Å². The smallest absolute Gasteiger partial charge is 0.310 e. The predicted molar refractivity (Wildman–Crippen MR) is 58.9 cm³/mol. The lowest BCUT2D eigenvalue weighted by atomic mass is 9.93. The van der Waals surface area contributed by atoms with Gasteiger partial charge in [0, 0.05) is 0 Å². The Labute approximate surface area is 89.9 Å². The second-order valence-corrected chi connectivity index (χ2v) is 4.48. The van der Waals surface area contributed by atoms with E-state index in [0.717, 1.165) is 12.0 Å². The van der Waals surface area contributed by atoms with E-state index in [0.29, 0.717) is 5.92 Å². The standard InChI is InChI=1S/C13H16O2/c1-9-2-6-11(7-3-9)12(13(14)15)8-10-4-5-10/h2-3,6-7,10,12H,4-5,8H2,1H3,(H,14,15). The molecule has 0 saturated heterocycles. The predicted octanol–water partition coefficient (Wildman–Crippen LogP) is 2.96. The minimum atomic E-state index is -0.689. The van der Waals surface area contributed by atoms with Crippen LogP contribution in [0.25, 0.3) is 0 Å². The van der Waals surface area contributed by atoms with Gasteiger partial charge in [-0.15, -0.1) is 0 Å². The highest BCUT2D eigenvalue weighted by Crippen LogP contribution is 2.38. The third-order valence-electron chi connectivity index (χ3n) is 3.04. The van der Waals surface area contributed by atoms with Gasteiger partial charge < -0.3 is 5.11 Å². The highest BCUT2D eigenvalue weighted by Gasteiger charge is 2.29. The quantitative estimate of drug-likeness (QED) is 0.818. The van der Waals surface area contributed by atoms with E-state index < -0.39 is 5.97 Å². The molecule has 2 rings (SSSR count). The van der Waals surface area contributed by atoms with Gasteiger partial charge in [0.1, 0.15) is 0 Å². The summed E-state index contributed by atoms with van der Waals surface area (Å²) in [5, 5.41) is 9.17. The van der Waals surface area contributed by atoms with Gasteiger partial charge in [0.25, 0.3) is 0 Å². The number of rotatable bonds is 4. The fraction of sp³-hybridized carbons (Fsp3) is 0.462. The van der Waals surface area contributed by atoms with Crippen LogP contribution in [0.1, 0.15) is 36.3 Å². The molecule has 1 saturated carbocycles. The normalized spacial score (nSPS) is 17.4. The molecule has 15 heavy (non-hydrogen) atoms. The minimum Gasteiger partial charge on any atom is -0.481 e. The molecule has 1 aliphatic carbocycles. The molecular weight excluding hydrogens is 188 g/mol. The number of hydrogen-bond donors (Lipinski definition) is 1. The van der Waals surface area contributed by atoms with Crippen LogP contribution in [0.15, 0.2) is 24.3 Å². The van der Waals surface area contributed by atoms with Crippen molar-refractivity contribution < 1.29 is 9.90 Å². The van der Waals surface area contributed by atoms with Crippen LogP contribution in [-0.4, -0.2) is 11.1 Å². The van der Waals surface area contributed by atoms with Crippen molar-refractivity contribution in [1.82, 2.24) is 0 Å². The maximum atomic E-state index is 11.1. The lowest BCUT2D eigenvalue weighted by molar-refractivity contribution is -0.139. The number of carbonyl (C=O) groups is 1. The molecule has 0 spiro atoms. The molecule has 1 unspecified atom stereocenters. The maximum Gasteiger partial charge on any atom is 0.310 e. The van der Waals surface area contributed by atoms with Gasteiger partial charge in [-0.2, -0.15) is 0 Å². The van der Waals surface area contributed by atoms with Crippen molar-refractivity contribution >= 4 is 5.97 Å². The van der Waals surface area contributed by atoms with E-state index in [4.69, 9.17) is 0 Å². The Morgan fingerprint density at radius 2 is 2.00 bits per heavy atom. The molecule has 0 amide bonds. The average Bonchev–Trinajstić information content (AvgIpc) is 2.99. The maximum absolute atomic E-state index is 11.1. The van der Waals surface area contributed by atoms with E-state index in [1.807, 2.05) is 31.2 Å². The summed E-state index contributed by atoms with van der Waals surface area (Å²) in [5.74, 6) is -0.351. The molecule has 2 nitrogen and oxygen atoms in total. The highest BCUT2D eigenvalue weighted by molar-refractivity contribution is 5.76. The van der Waals surface area contributed by atoms with E-state index >= 15 is 0 Å². The zero-order valence-corrected chi connectivity index (χ0v) is 8.94. The summed E-state index contributed by atoms with van der Waals surface area (Å²) >= 11 is 0. The topological polar surface area (TPSA) is 37.3 Å². The van der Waals surface area contributed by atoms with E-state index in [1.165, 1.54) is 18.4 Å². The number of hydrogen-bond acceptors (Lipinski definition) is 1. The molecule has 1 aromatic rings. The first kappa shape index (κ1) is 10.2. The Hall–Kier alpha value is -1.31. The molecular formula is C13H16O2. The molecule has 1 aliphatic rings. The third-order valence-corrected chi connectivity index (χ3v) is 3.04. The summed E-state index contributed by atoms with van der Waals surface area (Å²) in [4.78, 5) is 11.1. The molecule has 0 radical (unpaired) electrons. The molecule has 0 aliphatic heterocycles. The van der Waals surface area contributed by atoms with Gasteiger partial charge in [-0.1, -0.05) is 42.7 Å². The van der Waals surface area contributed by atoms with E-state index in [2.05, 4.69) is 0 Å². The number of benzene rings is 1. The van der Waals surface area contributed by atoms with Gasteiger partial charge in [-0.3, -0.25) is 4.79 Å². The summed E-state index contributed by atoms with van der Waals surface area (Å²) in [6, 6.07) is 7.85. The molecule has 0 aromatic heterocycles. The van der Waals surface area contributed by atoms with Crippen molar-refractivity contribution in [3.05, 3.63) is 35.4 Å². The van der Waals surface area contributed by atoms with Gasteiger partial charge >= 0.3 is 5.97 Å². The SMILES string of the molecule is Cc1ccc(C(CC2CC2)C(=O)O)cc1. The fourth-order valence-corrected chi connectivity index (χ4v) is 1.87. The van der Waals surface area contributed by atoms with Crippen LogP contribution in [0.4, 0.5) is 0 Å². The molecule has 1 aromatic carbocycles. The van der Waals surface area contributed by atoms with Gasteiger partial charge in [-0.05, 0) is 24.8 Å². The van der Waals surface area contributed by atoms with E-state index in [1.54, 1.807) is 0 Å². The van der Waals surface area contributed by atoms with Crippen LogP contribution in [-0.2, 0) is 4.79 Å². The molecule has 80 valence electrons. The molecule has 1 fully saturated rings. The van der Waals surface area contributed by atoms with Gasteiger partial charge in [0.05, 0.1) is 5.92 Å². The molecule has 2 heteroatoms. The van der Waals surface area contributed by atoms with Crippen LogP contribution >= 0.6 is 0 Å². The molecule has 0 heterocycles. The van der Waals surface area contributed by atoms with Crippen LogP contribution in [0.3, 0.4) is 0 Å².